The van der Waals surface area contributed by atoms with Gasteiger partial charge in [0.1, 0.15) is 5.69 Å². The zero-order valence-electron chi connectivity index (χ0n) is 10.0. The first-order valence-corrected chi connectivity index (χ1v) is 6.09. The van der Waals surface area contributed by atoms with Crippen LogP contribution in [-0.2, 0) is 0 Å². The van der Waals surface area contributed by atoms with Gasteiger partial charge < -0.3 is 20.1 Å². The maximum atomic E-state index is 11.8. The van der Waals surface area contributed by atoms with E-state index in [4.69, 9.17) is 12.2 Å². The number of imidazole rings is 1. The van der Waals surface area contributed by atoms with Gasteiger partial charge in [0.2, 0.25) is 5.88 Å². The van der Waals surface area contributed by atoms with Crippen LogP contribution in [0.15, 0.2) is 40.7 Å². The van der Waals surface area contributed by atoms with Crippen molar-refractivity contribution in [3.8, 4) is 5.88 Å². The average molecular weight is 287 g/mol. The minimum atomic E-state index is -0.581. The van der Waals surface area contributed by atoms with Gasteiger partial charge in [-0.3, -0.25) is 4.79 Å². The van der Waals surface area contributed by atoms with Crippen molar-refractivity contribution in [2.24, 2.45) is 10.2 Å². The summed E-state index contributed by atoms with van der Waals surface area (Å²) in [6.07, 6.45) is 1.42. The number of amides is 1. The second kappa shape index (κ2) is 4.74. The number of rotatable bonds is 2. The van der Waals surface area contributed by atoms with Crippen LogP contribution < -0.4 is 0 Å². The molecule has 8 heteroatoms. The second-order valence-electron chi connectivity index (χ2n) is 4.03. The molecule has 4 N–H and O–H groups in total. The van der Waals surface area contributed by atoms with Crippen molar-refractivity contribution in [2.45, 2.75) is 0 Å². The number of azo groups is 1. The fraction of sp³-hybridized carbons (Fsp3) is 0. The molecule has 3 aromatic rings. The van der Waals surface area contributed by atoms with E-state index in [1.807, 2.05) is 6.07 Å². The normalized spacial score (nSPS) is 11.4. The smallest absolute Gasteiger partial charge is 0.313 e. The number of nitrogens with zero attached hydrogens (tertiary/aromatic N) is 2. The van der Waals surface area contributed by atoms with E-state index in [0.717, 1.165) is 0 Å². The van der Waals surface area contributed by atoms with Gasteiger partial charge in [-0.05, 0) is 18.3 Å². The number of carbonyl (C=O) groups is 1. The zero-order chi connectivity index (χ0) is 14.1. The van der Waals surface area contributed by atoms with Crippen LogP contribution in [0.1, 0.15) is 10.5 Å². The average Bonchev–Trinajstić information content (AvgIpc) is 2.99. The van der Waals surface area contributed by atoms with Crippen LogP contribution in [0.4, 0.5) is 5.69 Å². The standard InChI is InChI=1S/C12H9N5O2S/c18-10(8-5-13-12(20)15-8)17-16-9-6-3-1-2-4-7(6)14-11(9)19/h1-5,14,19H,(H2,13,15,20). The zero-order valence-corrected chi connectivity index (χ0v) is 10.9. The Morgan fingerprint density at radius 3 is 2.80 bits per heavy atom. The first-order valence-electron chi connectivity index (χ1n) is 5.68. The van der Waals surface area contributed by atoms with E-state index in [-0.39, 0.29) is 17.3 Å². The number of carbonyl (C=O) groups excluding carboxylic acids is 1. The SMILES string of the molecule is O=C(N=Nc1c(O)[nH]c2ccccc12)c1c[nH]c(=S)[nH]1. The Balaban J connectivity index is 1.97. The van der Waals surface area contributed by atoms with E-state index in [0.29, 0.717) is 15.7 Å². The Morgan fingerprint density at radius 1 is 1.25 bits per heavy atom. The Hall–Kier alpha value is -2.74. The lowest BCUT2D eigenvalue weighted by atomic mass is 10.2. The molecule has 0 saturated carbocycles. The Morgan fingerprint density at radius 2 is 2.05 bits per heavy atom. The lowest BCUT2D eigenvalue weighted by Crippen LogP contribution is -1.93. The third kappa shape index (κ3) is 2.12. The fourth-order valence-corrected chi connectivity index (χ4v) is 1.98. The van der Waals surface area contributed by atoms with Crippen molar-refractivity contribution in [1.29, 1.82) is 0 Å². The summed E-state index contributed by atoms with van der Waals surface area (Å²) in [7, 11) is 0. The van der Waals surface area contributed by atoms with E-state index in [1.165, 1.54) is 6.20 Å². The van der Waals surface area contributed by atoms with E-state index in [1.54, 1.807) is 18.2 Å². The molecule has 20 heavy (non-hydrogen) atoms. The summed E-state index contributed by atoms with van der Waals surface area (Å²) in [6.45, 7) is 0. The maximum absolute atomic E-state index is 11.8. The van der Waals surface area contributed by atoms with Crippen LogP contribution in [0.2, 0.25) is 0 Å². The lowest BCUT2D eigenvalue weighted by molar-refractivity contribution is 0.0990. The highest BCUT2D eigenvalue weighted by Crippen LogP contribution is 2.35. The largest absolute Gasteiger partial charge is 0.493 e. The maximum Gasteiger partial charge on any atom is 0.313 e. The number of hydrogen-bond acceptors (Lipinski definition) is 4. The molecule has 2 aromatic heterocycles. The molecule has 0 saturated heterocycles. The Bertz CT molecular complexity index is 873. The number of aromatic nitrogens is 3. The third-order valence-corrected chi connectivity index (χ3v) is 2.95. The highest BCUT2D eigenvalue weighted by molar-refractivity contribution is 7.71. The van der Waals surface area contributed by atoms with E-state index in [2.05, 4.69) is 25.2 Å². The van der Waals surface area contributed by atoms with Gasteiger partial charge in [0.15, 0.2) is 10.5 Å². The van der Waals surface area contributed by atoms with Crippen molar-refractivity contribution in [2.75, 3.05) is 0 Å². The highest BCUT2D eigenvalue weighted by Gasteiger charge is 2.11. The summed E-state index contributed by atoms with van der Waals surface area (Å²) < 4.78 is 0.332. The van der Waals surface area contributed by atoms with Crippen molar-refractivity contribution in [3.63, 3.8) is 0 Å². The number of aromatic amines is 3. The topological polar surface area (TPSA) is 109 Å². The first kappa shape index (κ1) is 12.3. The molecule has 0 radical (unpaired) electrons. The number of fused-ring (bicyclic) bond motifs is 1. The van der Waals surface area contributed by atoms with Gasteiger partial charge in [0, 0.05) is 11.6 Å². The molecule has 7 nitrogen and oxygen atoms in total. The third-order valence-electron chi connectivity index (χ3n) is 2.73. The molecule has 0 spiro atoms. The molecule has 0 unspecified atom stereocenters. The molecule has 0 fully saturated rings. The summed E-state index contributed by atoms with van der Waals surface area (Å²) >= 11 is 4.82. The van der Waals surface area contributed by atoms with Gasteiger partial charge in [0.25, 0.3) is 0 Å². The number of nitrogens with one attached hydrogen (secondary N) is 3. The van der Waals surface area contributed by atoms with Gasteiger partial charge in [-0.15, -0.1) is 10.2 Å². The number of hydrogen-bond donors (Lipinski definition) is 4. The lowest BCUT2D eigenvalue weighted by Gasteiger charge is -1.90. The van der Waals surface area contributed by atoms with Crippen LogP contribution in [0.5, 0.6) is 5.88 Å². The molecule has 0 bridgehead atoms. The molecule has 0 aliphatic rings. The van der Waals surface area contributed by atoms with E-state index >= 15 is 0 Å². The molecule has 0 aliphatic carbocycles. The summed E-state index contributed by atoms with van der Waals surface area (Å²) in [5, 5.41) is 17.8. The summed E-state index contributed by atoms with van der Waals surface area (Å²) in [5.74, 6) is -0.716. The molecule has 1 aromatic carbocycles. The van der Waals surface area contributed by atoms with Gasteiger partial charge in [-0.2, -0.15) is 0 Å². The Labute approximate surface area is 117 Å². The van der Waals surface area contributed by atoms with Gasteiger partial charge in [-0.1, -0.05) is 18.2 Å². The van der Waals surface area contributed by atoms with Gasteiger partial charge in [0.05, 0.1) is 5.52 Å². The molecular formula is C12H9N5O2S. The molecule has 100 valence electrons. The number of benzene rings is 1. The second-order valence-corrected chi connectivity index (χ2v) is 4.44. The minimum Gasteiger partial charge on any atom is -0.493 e. The summed E-state index contributed by atoms with van der Waals surface area (Å²) in [6, 6.07) is 7.19. The van der Waals surface area contributed by atoms with Crippen LogP contribution in [-0.4, -0.2) is 26.0 Å². The highest BCUT2D eigenvalue weighted by atomic mass is 32.1. The van der Waals surface area contributed by atoms with Crippen molar-refractivity contribution in [1.82, 2.24) is 15.0 Å². The first-order chi connectivity index (χ1) is 9.65. The predicted molar refractivity (Wildman–Crippen MR) is 74.8 cm³/mol. The molecule has 3 rings (SSSR count). The quantitative estimate of drug-likeness (QED) is 0.429. The number of aromatic hydroxyl groups is 1. The van der Waals surface area contributed by atoms with Crippen LogP contribution >= 0.6 is 12.2 Å². The van der Waals surface area contributed by atoms with Gasteiger partial charge >= 0.3 is 5.91 Å². The number of H-pyrrole nitrogens is 3. The number of para-hydroxylation sites is 1. The monoisotopic (exact) mass is 287 g/mol. The van der Waals surface area contributed by atoms with Crippen LogP contribution in [0.3, 0.4) is 0 Å². The van der Waals surface area contributed by atoms with E-state index in [9.17, 15) is 9.90 Å². The molecule has 0 atom stereocenters. The van der Waals surface area contributed by atoms with Crippen LogP contribution in [0, 0.1) is 4.77 Å². The van der Waals surface area contributed by atoms with E-state index < -0.39 is 5.91 Å². The van der Waals surface area contributed by atoms with Crippen molar-refractivity contribution >= 4 is 34.7 Å². The molecule has 1 amide bonds. The molecule has 0 aliphatic heterocycles. The summed E-state index contributed by atoms with van der Waals surface area (Å²) in [4.78, 5) is 19.8. The fourth-order valence-electron chi connectivity index (χ4n) is 1.81. The molecule has 2 heterocycles. The minimum absolute atomic E-state index is 0.134. The van der Waals surface area contributed by atoms with Crippen molar-refractivity contribution < 1.29 is 9.90 Å². The predicted octanol–water partition coefficient (Wildman–Crippen LogP) is 3.18. The molecular weight excluding hydrogens is 278 g/mol. The van der Waals surface area contributed by atoms with Crippen LogP contribution in [0.25, 0.3) is 10.9 Å². The summed E-state index contributed by atoms with van der Waals surface area (Å²) in [5.41, 5.74) is 1.15. The van der Waals surface area contributed by atoms with Gasteiger partial charge in [-0.25, -0.2) is 0 Å². The Kier molecular flexibility index (Phi) is 2.92. The van der Waals surface area contributed by atoms with Crippen molar-refractivity contribution in [3.05, 3.63) is 40.9 Å².